The molecule has 1 heterocycles. The van der Waals surface area contributed by atoms with E-state index in [0.717, 1.165) is 49.7 Å². The Balaban J connectivity index is 1.41. The Morgan fingerprint density at radius 3 is 2.67 bits per heavy atom. The minimum Gasteiger partial charge on any atom is -0.457 e. The number of hydrogen-bond acceptors (Lipinski definition) is 4. The predicted molar refractivity (Wildman–Crippen MR) is 107 cm³/mol. The molecule has 1 aliphatic heterocycles. The third-order valence-corrected chi connectivity index (χ3v) is 4.19. The molecule has 0 spiro atoms. The molecule has 3 N–H and O–H groups in total. The van der Waals surface area contributed by atoms with E-state index in [4.69, 9.17) is 19.9 Å². The lowest BCUT2D eigenvalue weighted by Gasteiger charge is -2.22. The van der Waals surface area contributed by atoms with Crippen molar-refractivity contribution in [1.29, 1.82) is 0 Å². The smallest absolute Gasteiger partial charge is 0.193 e. The fraction of sp³-hybridized carbons (Fsp3) is 0.381. The summed E-state index contributed by atoms with van der Waals surface area (Å²) in [6, 6.07) is 17.3. The predicted octanol–water partition coefficient (Wildman–Crippen LogP) is 3.79. The summed E-state index contributed by atoms with van der Waals surface area (Å²) in [7, 11) is 0. The van der Waals surface area contributed by atoms with E-state index in [1.165, 1.54) is 0 Å². The van der Waals surface area contributed by atoms with E-state index in [-0.39, 0.29) is 0 Å². The van der Waals surface area contributed by atoms with E-state index in [1.807, 2.05) is 54.6 Å². The van der Waals surface area contributed by atoms with Gasteiger partial charge in [0.2, 0.25) is 0 Å². The van der Waals surface area contributed by atoms with Crippen molar-refractivity contribution in [3.63, 3.8) is 0 Å². The molecular formula is C21H27N3O3. The average molecular weight is 369 g/mol. The van der Waals surface area contributed by atoms with Crippen LogP contribution in [-0.4, -0.2) is 38.4 Å². The molecule has 1 saturated heterocycles. The highest BCUT2D eigenvalue weighted by atomic mass is 16.5. The van der Waals surface area contributed by atoms with E-state index >= 15 is 0 Å². The second-order valence-corrected chi connectivity index (χ2v) is 6.37. The molecule has 0 radical (unpaired) electrons. The minimum atomic E-state index is 0.325. The summed E-state index contributed by atoms with van der Waals surface area (Å²) in [5, 5.41) is 3.10. The lowest BCUT2D eigenvalue weighted by atomic mass is 10.1. The normalized spacial score (nSPS) is 15.5. The zero-order valence-electron chi connectivity index (χ0n) is 15.5. The number of benzene rings is 2. The summed E-state index contributed by atoms with van der Waals surface area (Å²) in [6.07, 6.45) is 3.13. The first kappa shape index (κ1) is 19.2. The van der Waals surface area contributed by atoms with Crippen LogP contribution in [0.3, 0.4) is 0 Å². The first-order valence-corrected chi connectivity index (χ1v) is 9.39. The van der Waals surface area contributed by atoms with Gasteiger partial charge >= 0.3 is 0 Å². The summed E-state index contributed by atoms with van der Waals surface area (Å²) in [4.78, 5) is 4.35. The number of nitrogens with two attached hydrogens (primary N) is 1. The molecule has 0 aromatic heterocycles. The van der Waals surface area contributed by atoms with Crippen LogP contribution in [0.2, 0.25) is 0 Å². The number of ether oxygens (including phenoxy) is 3. The molecule has 0 bridgehead atoms. The van der Waals surface area contributed by atoms with Gasteiger partial charge in [-0.15, -0.1) is 0 Å². The van der Waals surface area contributed by atoms with Crippen LogP contribution in [-0.2, 0) is 9.47 Å². The van der Waals surface area contributed by atoms with Crippen molar-refractivity contribution in [1.82, 2.24) is 0 Å². The lowest BCUT2D eigenvalue weighted by molar-refractivity contribution is -0.0318. The van der Waals surface area contributed by atoms with Crippen LogP contribution >= 0.6 is 0 Å². The van der Waals surface area contributed by atoms with Crippen LogP contribution in [0.1, 0.15) is 19.3 Å². The summed E-state index contributed by atoms with van der Waals surface area (Å²) in [5.74, 6) is 1.92. The number of hydrogen-bond donors (Lipinski definition) is 2. The Morgan fingerprint density at radius 2 is 1.85 bits per heavy atom. The molecule has 0 aliphatic carbocycles. The molecule has 2 aromatic rings. The Bertz CT molecular complexity index is 716. The zero-order valence-corrected chi connectivity index (χ0v) is 15.5. The van der Waals surface area contributed by atoms with E-state index in [9.17, 15) is 0 Å². The molecule has 1 aliphatic rings. The zero-order chi connectivity index (χ0) is 18.7. The van der Waals surface area contributed by atoms with E-state index in [2.05, 4.69) is 10.3 Å². The summed E-state index contributed by atoms with van der Waals surface area (Å²) >= 11 is 0. The molecule has 6 nitrogen and oxygen atoms in total. The fourth-order valence-corrected chi connectivity index (χ4v) is 2.81. The number of nitrogens with one attached hydrogen (secondary N) is 1. The molecule has 27 heavy (non-hydrogen) atoms. The molecule has 6 heteroatoms. The van der Waals surface area contributed by atoms with Crippen LogP contribution in [0.15, 0.2) is 59.6 Å². The van der Waals surface area contributed by atoms with Gasteiger partial charge in [0.15, 0.2) is 5.96 Å². The maximum absolute atomic E-state index is 5.97. The number of guanidine groups is 1. The van der Waals surface area contributed by atoms with E-state index in [1.54, 1.807) is 0 Å². The van der Waals surface area contributed by atoms with Crippen molar-refractivity contribution in [2.75, 3.05) is 31.7 Å². The Hall–Kier alpha value is -2.57. The fourth-order valence-electron chi connectivity index (χ4n) is 2.81. The average Bonchev–Trinajstić information content (AvgIpc) is 2.69. The SMILES string of the molecule is NC(=NCCCOC1CCOCC1)Nc1cccc(Oc2ccccc2)c1. The molecule has 144 valence electrons. The van der Waals surface area contributed by atoms with Gasteiger partial charge < -0.3 is 25.3 Å². The number of aliphatic imine (C=N–C) groups is 1. The number of anilines is 1. The van der Waals surface area contributed by atoms with Gasteiger partial charge in [-0.3, -0.25) is 4.99 Å². The maximum atomic E-state index is 5.97. The Kier molecular flexibility index (Phi) is 7.50. The third kappa shape index (κ3) is 6.92. The topological polar surface area (TPSA) is 78.1 Å². The quantitative estimate of drug-likeness (QED) is 0.420. The molecule has 0 unspecified atom stereocenters. The van der Waals surface area contributed by atoms with Crippen molar-refractivity contribution in [3.05, 3.63) is 54.6 Å². The van der Waals surface area contributed by atoms with Gasteiger partial charge in [-0.05, 0) is 43.5 Å². The van der Waals surface area contributed by atoms with Gasteiger partial charge in [0.25, 0.3) is 0 Å². The van der Waals surface area contributed by atoms with Crippen molar-refractivity contribution in [3.8, 4) is 11.5 Å². The van der Waals surface area contributed by atoms with Crippen LogP contribution in [0.25, 0.3) is 0 Å². The minimum absolute atomic E-state index is 0.325. The van der Waals surface area contributed by atoms with Crippen molar-refractivity contribution in [2.24, 2.45) is 10.7 Å². The van der Waals surface area contributed by atoms with Gasteiger partial charge in [-0.25, -0.2) is 0 Å². The molecule has 2 aromatic carbocycles. The van der Waals surface area contributed by atoms with Crippen LogP contribution in [0.4, 0.5) is 5.69 Å². The van der Waals surface area contributed by atoms with Crippen LogP contribution in [0.5, 0.6) is 11.5 Å². The summed E-state index contributed by atoms with van der Waals surface area (Å²) in [5.41, 5.74) is 6.81. The highest BCUT2D eigenvalue weighted by Gasteiger charge is 2.13. The van der Waals surface area contributed by atoms with Gasteiger partial charge in [0.05, 0.1) is 6.10 Å². The van der Waals surface area contributed by atoms with E-state index < -0.39 is 0 Å². The van der Waals surface area contributed by atoms with Gasteiger partial charge in [-0.1, -0.05) is 24.3 Å². The maximum Gasteiger partial charge on any atom is 0.193 e. The van der Waals surface area contributed by atoms with Gasteiger partial charge in [0.1, 0.15) is 11.5 Å². The van der Waals surface area contributed by atoms with Crippen LogP contribution in [0, 0.1) is 0 Å². The van der Waals surface area contributed by atoms with Crippen molar-refractivity contribution < 1.29 is 14.2 Å². The summed E-state index contributed by atoms with van der Waals surface area (Å²) < 4.78 is 17.0. The number of nitrogens with zero attached hydrogens (tertiary/aromatic N) is 1. The molecule has 0 amide bonds. The number of rotatable bonds is 8. The monoisotopic (exact) mass is 369 g/mol. The second-order valence-electron chi connectivity index (χ2n) is 6.37. The molecule has 1 fully saturated rings. The Morgan fingerprint density at radius 1 is 1.07 bits per heavy atom. The van der Waals surface area contributed by atoms with Gasteiger partial charge in [0, 0.05) is 38.1 Å². The second kappa shape index (κ2) is 10.5. The van der Waals surface area contributed by atoms with Crippen LogP contribution < -0.4 is 15.8 Å². The van der Waals surface area contributed by atoms with Crippen molar-refractivity contribution >= 4 is 11.6 Å². The first-order valence-electron chi connectivity index (χ1n) is 9.39. The van der Waals surface area contributed by atoms with Gasteiger partial charge in [-0.2, -0.15) is 0 Å². The number of para-hydroxylation sites is 1. The molecule has 0 atom stereocenters. The highest BCUT2D eigenvalue weighted by molar-refractivity contribution is 5.92. The molecular weight excluding hydrogens is 342 g/mol. The first-order chi connectivity index (χ1) is 13.3. The summed E-state index contributed by atoms with van der Waals surface area (Å²) in [6.45, 7) is 2.92. The molecule has 0 saturated carbocycles. The Labute approximate surface area is 160 Å². The van der Waals surface area contributed by atoms with Crippen molar-refractivity contribution in [2.45, 2.75) is 25.4 Å². The largest absolute Gasteiger partial charge is 0.457 e. The van der Waals surface area contributed by atoms with E-state index in [0.29, 0.717) is 25.2 Å². The molecule has 3 rings (SSSR count). The lowest BCUT2D eigenvalue weighted by Crippen LogP contribution is -2.24. The standard InChI is InChI=1S/C21H27N3O3/c22-21(23-12-5-13-26-18-10-14-25-15-11-18)24-17-6-4-9-20(16-17)27-19-7-2-1-3-8-19/h1-4,6-9,16,18H,5,10-15H2,(H3,22,23,24). The highest BCUT2D eigenvalue weighted by Crippen LogP contribution is 2.23. The third-order valence-electron chi connectivity index (χ3n) is 4.19.